The van der Waals surface area contributed by atoms with E-state index < -0.39 is 122 Å². The maximum absolute atomic E-state index is 12.9. The highest BCUT2D eigenvalue weighted by Gasteiger charge is 2.62. The third-order valence-corrected chi connectivity index (χ3v) is 10.1. The van der Waals surface area contributed by atoms with Gasteiger partial charge in [-0.3, -0.25) is 4.79 Å². The number of rotatable bonds is 9. The lowest BCUT2D eigenvalue weighted by Crippen LogP contribution is -2.61. The molecule has 4 rings (SSSR count). The second-order valence-electron chi connectivity index (χ2n) is 13.0. The first-order valence-corrected chi connectivity index (χ1v) is 14.3. The first-order valence-electron chi connectivity index (χ1n) is 14.3. The second-order valence-corrected chi connectivity index (χ2v) is 13.0. The van der Waals surface area contributed by atoms with E-state index >= 15 is 0 Å². The van der Waals surface area contributed by atoms with Gasteiger partial charge in [0, 0.05) is 18.3 Å². The Morgan fingerprint density at radius 2 is 1.57 bits per heavy atom. The minimum Gasteiger partial charge on any atom is -0.394 e. The van der Waals surface area contributed by atoms with Gasteiger partial charge in [-0.2, -0.15) is 0 Å². The number of ketones is 1. The van der Waals surface area contributed by atoms with Crippen LogP contribution in [0.5, 0.6) is 0 Å². The van der Waals surface area contributed by atoms with Crippen molar-refractivity contribution in [2.75, 3.05) is 26.4 Å². The maximum Gasteiger partial charge on any atom is 0.221 e. The van der Waals surface area contributed by atoms with Crippen molar-refractivity contribution in [1.29, 1.82) is 0 Å². The zero-order valence-electron chi connectivity index (χ0n) is 24.0. The van der Waals surface area contributed by atoms with Crippen molar-refractivity contribution in [3.63, 3.8) is 0 Å². The Balaban J connectivity index is 1.57. The van der Waals surface area contributed by atoms with Gasteiger partial charge >= 0.3 is 0 Å². The topological polar surface area (TPSA) is 256 Å². The summed E-state index contributed by atoms with van der Waals surface area (Å²) in [5.74, 6) is -4.72. The zero-order chi connectivity index (χ0) is 31.4. The van der Waals surface area contributed by atoms with E-state index in [9.17, 15) is 55.9 Å². The lowest BCUT2D eigenvalue weighted by Gasteiger charge is -2.45. The molecule has 14 atom stereocenters. The van der Waals surface area contributed by atoms with Gasteiger partial charge in [0.2, 0.25) is 5.79 Å². The standard InChI is InChI=1S/C27H46O15/c1-24(2,42-23-21(35)20(34)18(32)15(8-28)40-23)12-4-5-26(38,14-7-17(31)25(3,37)13(14)6-12)11-39-27(10-30)22(36)19(33)16(9-29)41-27/h12-16,18-23,28-30,32-38H,4-11H2,1-3H3/t12-,13+,14-,15-,16+,18+,19+,20-,21+,22+,23-,25+,26+,27+/m0/s1. The molecule has 4 fully saturated rings. The van der Waals surface area contributed by atoms with E-state index in [0.717, 1.165) is 0 Å². The number of carbonyl (C=O) groups is 1. The maximum atomic E-state index is 12.9. The van der Waals surface area contributed by atoms with Crippen LogP contribution in [0.4, 0.5) is 0 Å². The summed E-state index contributed by atoms with van der Waals surface area (Å²) in [5.41, 5.74) is -4.75. The van der Waals surface area contributed by atoms with Crippen LogP contribution in [-0.4, -0.2) is 155 Å². The van der Waals surface area contributed by atoms with Gasteiger partial charge in [0.25, 0.3) is 0 Å². The Kier molecular flexibility index (Phi) is 9.82. The summed E-state index contributed by atoms with van der Waals surface area (Å²) in [6.07, 6.45) is -11.8. The SMILES string of the molecule is CC(C)(O[C@@H]1O[C@@H](CO)[C@@H](O)[C@H](O)[C@H]1O)[C@H]1CC[C@@](O)(CO[C@]2(CO)O[C@H](CO)[C@@H](O)[C@H]2O)[C@H]2CC(=O)[C@](C)(O)[C@@H]2C1. The highest BCUT2D eigenvalue weighted by molar-refractivity contribution is 5.89. The van der Waals surface area contributed by atoms with Crippen molar-refractivity contribution in [1.82, 2.24) is 0 Å². The molecule has 0 aromatic rings. The smallest absolute Gasteiger partial charge is 0.221 e. The van der Waals surface area contributed by atoms with Crippen molar-refractivity contribution in [2.24, 2.45) is 17.8 Å². The van der Waals surface area contributed by atoms with Crippen molar-refractivity contribution >= 4 is 5.78 Å². The molecule has 0 aromatic carbocycles. The Labute approximate surface area is 243 Å². The van der Waals surface area contributed by atoms with E-state index in [1.165, 1.54) is 6.92 Å². The second kappa shape index (κ2) is 12.1. The number of aliphatic hydroxyl groups is 10. The minimum absolute atomic E-state index is 0.00719. The fourth-order valence-corrected chi connectivity index (χ4v) is 7.06. The molecule has 2 heterocycles. The van der Waals surface area contributed by atoms with Crippen molar-refractivity contribution in [3.8, 4) is 0 Å². The molecule has 0 aromatic heterocycles. The Hall–Kier alpha value is -0.890. The average molecular weight is 611 g/mol. The highest BCUT2D eigenvalue weighted by atomic mass is 16.7. The summed E-state index contributed by atoms with van der Waals surface area (Å²) < 4.78 is 22.9. The molecule has 2 saturated heterocycles. The monoisotopic (exact) mass is 610 g/mol. The van der Waals surface area contributed by atoms with Gasteiger partial charge in [-0.15, -0.1) is 0 Å². The molecule has 0 bridgehead atoms. The molecule has 0 spiro atoms. The van der Waals surface area contributed by atoms with E-state index in [1.54, 1.807) is 13.8 Å². The molecule has 10 N–H and O–H groups in total. The van der Waals surface area contributed by atoms with Crippen LogP contribution in [0.25, 0.3) is 0 Å². The number of hydrogen-bond donors (Lipinski definition) is 10. The number of ether oxygens (including phenoxy) is 4. The molecule has 244 valence electrons. The zero-order valence-corrected chi connectivity index (χ0v) is 24.0. The van der Waals surface area contributed by atoms with Crippen LogP contribution in [0.15, 0.2) is 0 Å². The van der Waals surface area contributed by atoms with Gasteiger partial charge in [-0.05, 0) is 46.0 Å². The fraction of sp³-hybridized carbons (Fsp3) is 0.963. The van der Waals surface area contributed by atoms with Gasteiger partial charge in [0.1, 0.15) is 54.9 Å². The van der Waals surface area contributed by atoms with E-state index in [2.05, 4.69) is 0 Å². The molecule has 0 radical (unpaired) electrons. The highest BCUT2D eigenvalue weighted by Crippen LogP contribution is 2.53. The molecule has 2 saturated carbocycles. The number of carbonyl (C=O) groups excluding carboxylic acids is 1. The van der Waals surface area contributed by atoms with Gasteiger partial charge in [-0.1, -0.05) is 0 Å². The average Bonchev–Trinajstić information content (AvgIpc) is 3.25. The minimum atomic E-state index is -2.15. The van der Waals surface area contributed by atoms with E-state index in [1.807, 2.05) is 0 Å². The van der Waals surface area contributed by atoms with Gasteiger partial charge in [-0.25, -0.2) is 0 Å². The summed E-state index contributed by atoms with van der Waals surface area (Å²) in [4.78, 5) is 12.9. The van der Waals surface area contributed by atoms with E-state index in [-0.39, 0.29) is 25.7 Å². The van der Waals surface area contributed by atoms with E-state index in [0.29, 0.717) is 0 Å². The quantitative estimate of drug-likeness (QED) is 0.119. The molecule has 2 aliphatic carbocycles. The Bertz CT molecular complexity index is 960. The molecular formula is C27H46O15. The molecule has 0 amide bonds. The molecule has 15 heteroatoms. The molecule has 4 aliphatic rings. The number of aliphatic hydroxyl groups excluding tert-OH is 8. The summed E-state index contributed by atoms with van der Waals surface area (Å²) in [7, 11) is 0. The van der Waals surface area contributed by atoms with Crippen LogP contribution in [0.2, 0.25) is 0 Å². The Morgan fingerprint density at radius 3 is 2.14 bits per heavy atom. The van der Waals surface area contributed by atoms with Crippen molar-refractivity contribution in [3.05, 3.63) is 0 Å². The van der Waals surface area contributed by atoms with Crippen LogP contribution in [0.3, 0.4) is 0 Å². The van der Waals surface area contributed by atoms with Gasteiger partial charge in [0.15, 0.2) is 12.1 Å². The molecule has 42 heavy (non-hydrogen) atoms. The third kappa shape index (κ3) is 5.78. The summed E-state index contributed by atoms with van der Waals surface area (Å²) in [6, 6.07) is 0. The lowest BCUT2D eigenvalue weighted by molar-refractivity contribution is -0.329. The molecular weight excluding hydrogens is 564 g/mol. The summed E-state index contributed by atoms with van der Waals surface area (Å²) in [6.45, 7) is 1.96. The third-order valence-electron chi connectivity index (χ3n) is 10.1. The normalized spacial score (nSPS) is 50.1. The molecule has 0 unspecified atom stereocenters. The van der Waals surface area contributed by atoms with Crippen molar-refractivity contribution < 1.29 is 74.8 Å². The largest absolute Gasteiger partial charge is 0.394 e. The summed E-state index contributed by atoms with van der Waals surface area (Å²) in [5, 5.41) is 104. The first-order chi connectivity index (χ1) is 19.5. The first kappa shape index (κ1) is 34.0. The van der Waals surface area contributed by atoms with Crippen LogP contribution >= 0.6 is 0 Å². The molecule has 2 aliphatic heterocycles. The van der Waals surface area contributed by atoms with Crippen LogP contribution in [0.1, 0.15) is 46.5 Å². The van der Waals surface area contributed by atoms with Crippen LogP contribution in [0, 0.1) is 17.8 Å². The predicted molar refractivity (Wildman–Crippen MR) is 138 cm³/mol. The summed E-state index contributed by atoms with van der Waals surface area (Å²) >= 11 is 0. The number of Topliss-reactive ketones (excluding diaryl/α,β-unsaturated/α-hetero) is 1. The number of fused-ring (bicyclic) bond motifs is 1. The Morgan fingerprint density at radius 1 is 0.929 bits per heavy atom. The van der Waals surface area contributed by atoms with E-state index in [4.69, 9.17) is 18.9 Å². The van der Waals surface area contributed by atoms with Crippen LogP contribution < -0.4 is 0 Å². The predicted octanol–water partition coefficient (Wildman–Crippen LogP) is -4.11. The van der Waals surface area contributed by atoms with Crippen LogP contribution in [-0.2, 0) is 23.7 Å². The lowest BCUT2D eigenvalue weighted by atomic mass is 9.74. The van der Waals surface area contributed by atoms with Gasteiger partial charge < -0.3 is 70.0 Å². The fourth-order valence-electron chi connectivity index (χ4n) is 7.06. The molecule has 15 nitrogen and oxygen atoms in total. The number of hydrogen-bond acceptors (Lipinski definition) is 15. The van der Waals surface area contributed by atoms with Crippen molar-refractivity contribution in [2.45, 2.75) is 118 Å². The van der Waals surface area contributed by atoms with Gasteiger partial charge in [0.05, 0.1) is 31.0 Å².